The Labute approximate surface area is 143 Å². The van der Waals surface area contributed by atoms with E-state index in [1.165, 1.54) is 12.1 Å². The van der Waals surface area contributed by atoms with E-state index in [0.717, 1.165) is 12.0 Å². The van der Waals surface area contributed by atoms with E-state index >= 15 is 0 Å². The van der Waals surface area contributed by atoms with Gasteiger partial charge >= 0.3 is 0 Å². The number of benzene rings is 1. The highest BCUT2D eigenvalue weighted by Gasteiger charge is 2.17. The first-order chi connectivity index (χ1) is 12.2. The first-order valence-electron chi connectivity index (χ1n) is 7.96. The largest absolute Gasteiger partial charge is 0.383 e. The second kappa shape index (κ2) is 7.84. The molecule has 0 radical (unpaired) electrons. The Hall–Kier alpha value is -2.81. The predicted octanol–water partition coefficient (Wildman–Crippen LogP) is 2.77. The Morgan fingerprint density at radius 3 is 2.44 bits per heavy atom. The van der Waals surface area contributed by atoms with Crippen LogP contribution in [0, 0.1) is 5.82 Å². The second-order valence-corrected chi connectivity index (χ2v) is 5.41. The minimum atomic E-state index is -0.268. The Morgan fingerprint density at radius 2 is 1.80 bits per heavy atom. The number of nitrogens with one attached hydrogen (secondary N) is 2. The fourth-order valence-corrected chi connectivity index (χ4v) is 2.41. The van der Waals surface area contributed by atoms with Gasteiger partial charge in [-0.05, 0) is 34.4 Å². The number of hydrogen-bond acceptors (Lipinski definition) is 8. The zero-order valence-electron chi connectivity index (χ0n) is 14.0. The summed E-state index contributed by atoms with van der Waals surface area (Å²) in [6.45, 7) is 3.11. The van der Waals surface area contributed by atoms with Crippen molar-refractivity contribution in [3.8, 4) is 0 Å². The summed E-state index contributed by atoms with van der Waals surface area (Å²) in [6.07, 6.45) is 0.778. The lowest BCUT2D eigenvalue weighted by atomic mass is 10.0. The van der Waals surface area contributed by atoms with E-state index < -0.39 is 0 Å². The van der Waals surface area contributed by atoms with E-state index in [1.54, 1.807) is 19.2 Å². The highest BCUT2D eigenvalue weighted by Crippen LogP contribution is 2.26. The summed E-state index contributed by atoms with van der Waals surface area (Å²) in [4.78, 5) is 8.81. The molecule has 2 heterocycles. The van der Waals surface area contributed by atoms with Crippen LogP contribution >= 0.6 is 0 Å². The van der Waals surface area contributed by atoms with Crippen LogP contribution in [0.25, 0.3) is 11.3 Å². The third kappa shape index (κ3) is 4.00. The number of anilines is 2. The van der Waals surface area contributed by atoms with Gasteiger partial charge in [0, 0.05) is 13.7 Å². The smallest absolute Gasteiger partial charge is 0.245 e. The minimum Gasteiger partial charge on any atom is -0.383 e. The first-order valence-corrected chi connectivity index (χ1v) is 7.96. The molecule has 0 fully saturated rings. The van der Waals surface area contributed by atoms with Gasteiger partial charge in [-0.15, -0.1) is 0 Å². The van der Waals surface area contributed by atoms with E-state index in [-0.39, 0.29) is 11.9 Å². The quantitative estimate of drug-likeness (QED) is 0.601. The van der Waals surface area contributed by atoms with Crippen LogP contribution in [0.5, 0.6) is 0 Å². The van der Waals surface area contributed by atoms with Gasteiger partial charge in [-0.25, -0.2) is 19.0 Å². The summed E-state index contributed by atoms with van der Waals surface area (Å²) in [7, 11) is 1.62. The molecule has 1 atom stereocenters. The molecule has 0 bridgehead atoms. The van der Waals surface area contributed by atoms with Crippen LogP contribution in [0.1, 0.15) is 24.9 Å². The number of aromatic nitrogens is 4. The summed E-state index contributed by atoms with van der Waals surface area (Å²) in [5.74, 6) is 0.784. The highest BCUT2D eigenvalue weighted by molar-refractivity contribution is 5.73. The Morgan fingerprint density at radius 1 is 1.12 bits per heavy atom. The van der Waals surface area contributed by atoms with Gasteiger partial charge in [0.25, 0.3) is 0 Å². The van der Waals surface area contributed by atoms with Gasteiger partial charge < -0.3 is 15.4 Å². The molecule has 8 nitrogen and oxygen atoms in total. The lowest BCUT2D eigenvalue weighted by Crippen LogP contribution is -2.16. The summed E-state index contributed by atoms with van der Waals surface area (Å²) >= 11 is 0. The van der Waals surface area contributed by atoms with Crippen LogP contribution in [-0.4, -0.2) is 40.5 Å². The molecule has 3 aromatic rings. The molecular weight excluding hydrogens is 327 g/mol. The minimum absolute atomic E-state index is 0.0600. The molecule has 132 valence electrons. The van der Waals surface area contributed by atoms with Crippen molar-refractivity contribution in [3.05, 3.63) is 35.6 Å². The number of methoxy groups -OCH3 is 1. The molecule has 0 saturated carbocycles. The number of halogens is 1. The van der Waals surface area contributed by atoms with Crippen molar-refractivity contribution in [2.45, 2.75) is 19.4 Å². The monoisotopic (exact) mass is 346 g/mol. The number of hydrogen-bond donors (Lipinski definition) is 2. The van der Waals surface area contributed by atoms with Gasteiger partial charge in [-0.1, -0.05) is 19.1 Å². The zero-order chi connectivity index (χ0) is 17.6. The summed E-state index contributed by atoms with van der Waals surface area (Å²) in [5.41, 5.74) is 1.58. The van der Waals surface area contributed by atoms with Crippen molar-refractivity contribution in [3.63, 3.8) is 0 Å². The van der Waals surface area contributed by atoms with E-state index in [0.29, 0.717) is 36.1 Å². The predicted molar refractivity (Wildman–Crippen MR) is 90.8 cm³/mol. The number of rotatable bonds is 8. The van der Waals surface area contributed by atoms with Crippen LogP contribution in [0.4, 0.5) is 16.0 Å². The standard InChI is InChI=1S/C16H19FN6O2/c1-3-12(10-4-6-11(17)7-5-10)19-14-13(18-8-9-24-2)20-15-16(21-14)23-25-22-15/h4-7,12H,3,8-9H2,1-2H3,(H,18,20,22)(H,19,21,23). The second-order valence-electron chi connectivity index (χ2n) is 5.41. The van der Waals surface area contributed by atoms with Crippen LogP contribution in [0.2, 0.25) is 0 Å². The van der Waals surface area contributed by atoms with Crippen LogP contribution in [0.15, 0.2) is 28.9 Å². The summed E-state index contributed by atoms with van der Waals surface area (Å²) in [6, 6.07) is 6.31. The molecule has 0 aliphatic heterocycles. The normalized spacial score (nSPS) is 12.3. The molecular formula is C16H19FN6O2. The highest BCUT2D eigenvalue weighted by atomic mass is 19.1. The van der Waals surface area contributed by atoms with Gasteiger partial charge in [-0.2, -0.15) is 0 Å². The van der Waals surface area contributed by atoms with E-state index in [2.05, 4.69) is 35.5 Å². The maximum Gasteiger partial charge on any atom is 0.245 e. The molecule has 1 unspecified atom stereocenters. The lowest BCUT2D eigenvalue weighted by molar-refractivity contribution is 0.210. The fraction of sp³-hybridized carbons (Fsp3) is 0.375. The van der Waals surface area contributed by atoms with Crippen LogP contribution in [0.3, 0.4) is 0 Å². The molecule has 2 N–H and O–H groups in total. The van der Waals surface area contributed by atoms with Gasteiger partial charge in [0.1, 0.15) is 5.82 Å². The van der Waals surface area contributed by atoms with Gasteiger partial charge in [0.15, 0.2) is 11.6 Å². The van der Waals surface area contributed by atoms with E-state index in [1.807, 2.05) is 6.92 Å². The SMILES string of the molecule is CCC(Nc1nc2nonc2nc1NCCOC)c1ccc(F)cc1. The Balaban J connectivity index is 1.88. The van der Waals surface area contributed by atoms with Crippen molar-refractivity contribution < 1.29 is 13.8 Å². The topological polar surface area (TPSA) is 98.0 Å². The third-order valence-electron chi connectivity index (χ3n) is 3.70. The van der Waals surface area contributed by atoms with Crippen molar-refractivity contribution >= 4 is 22.9 Å². The van der Waals surface area contributed by atoms with E-state index in [9.17, 15) is 4.39 Å². The molecule has 25 heavy (non-hydrogen) atoms. The fourth-order valence-electron chi connectivity index (χ4n) is 2.41. The number of fused-ring (bicyclic) bond motifs is 1. The maximum absolute atomic E-state index is 13.2. The van der Waals surface area contributed by atoms with Gasteiger partial charge in [0.05, 0.1) is 12.6 Å². The average Bonchev–Trinajstić information content (AvgIpc) is 3.08. The van der Waals surface area contributed by atoms with Gasteiger partial charge in [-0.3, -0.25) is 0 Å². The number of ether oxygens (including phenoxy) is 1. The molecule has 9 heteroatoms. The zero-order valence-corrected chi connectivity index (χ0v) is 14.0. The molecule has 3 rings (SSSR count). The van der Waals surface area contributed by atoms with Gasteiger partial charge in [0.2, 0.25) is 11.3 Å². The molecule has 0 amide bonds. The Kier molecular flexibility index (Phi) is 5.34. The molecule has 2 aromatic heterocycles. The molecule has 0 aliphatic rings. The summed E-state index contributed by atoms with van der Waals surface area (Å²) in [5, 5.41) is 13.9. The van der Waals surface area contributed by atoms with E-state index in [4.69, 9.17) is 4.74 Å². The van der Waals surface area contributed by atoms with Crippen LogP contribution in [-0.2, 0) is 4.74 Å². The third-order valence-corrected chi connectivity index (χ3v) is 3.70. The van der Waals surface area contributed by atoms with Crippen molar-refractivity contribution in [2.75, 3.05) is 30.9 Å². The maximum atomic E-state index is 13.2. The van der Waals surface area contributed by atoms with Crippen molar-refractivity contribution in [2.24, 2.45) is 0 Å². The lowest BCUT2D eigenvalue weighted by Gasteiger charge is -2.20. The molecule has 1 aromatic carbocycles. The Bertz CT molecular complexity index is 823. The molecule has 0 aliphatic carbocycles. The molecule has 0 saturated heterocycles. The number of nitrogens with zero attached hydrogens (tertiary/aromatic N) is 4. The molecule has 0 spiro atoms. The van der Waals surface area contributed by atoms with Crippen LogP contribution < -0.4 is 10.6 Å². The van der Waals surface area contributed by atoms with Crippen molar-refractivity contribution in [1.29, 1.82) is 0 Å². The van der Waals surface area contributed by atoms with Crippen molar-refractivity contribution in [1.82, 2.24) is 20.3 Å². The average molecular weight is 346 g/mol. The first kappa shape index (κ1) is 17.0. The summed E-state index contributed by atoms with van der Waals surface area (Å²) < 4.78 is 22.9.